The van der Waals surface area contributed by atoms with E-state index in [0.717, 1.165) is 0 Å². The van der Waals surface area contributed by atoms with Gasteiger partial charge in [0, 0.05) is 45.3 Å². The lowest BCUT2D eigenvalue weighted by molar-refractivity contribution is -0.144. The van der Waals surface area contributed by atoms with E-state index in [9.17, 15) is 67.1 Å². The molecule has 546 valence electrons. The first-order valence-corrected chi connectivity index (χ1v) is 34.7. The van der Waals surface area contributed by atoms with Crippen molar-refractivity contribution in [3.63, 3.8) is 0 Å². The summed E-state index contributed by atoms with van der Waals surface area (Å²) in [7, 11) is 0. The minimum atomic E-state index is -1.66. The molecule has 0 aromatic heterocycles. The number of nitrogens with zero attached hydrogens (tertiary/aromatic N) is 3. The third-order valence-electron chi connectivity index (χ3n) is 16.4. The molecule has 0 aliphatic carbocycles. The number of nitrogens with two attached hydrogens (primary N) is 6. The monoisotopic (exact) mass is 1400 g/mol. The molecule has 0 saturated carbocycles. The number of nitrogens with one attached hydrogen (secondary N) is 9. The van der Waals surface area contributed by atoms with Crippen molar-refractivity contribution in [2.24, 2.45) is 45.3 Å². The fourth-order valence-electron chi connectivity index (χ4n) is 11.3. The van der Waals surface area contributed by atoms with Gasteiger partial charge in [-0.2, -0.15) is 11.8 Å². The summed E-state index contributed by atoms with van der Waals surface area (Å²) in [6.45, 7) is 3.02. The third kappa shape index (κ3) is 29.3. The number of thioether (sulfide) groups is 1. The number of carbonyl (C=O) groups excluding carboxylic acids is 13. The molecule has 2 aliphatic heterocycles. The Hall–Kier alpha value is -9.44. The summed E-state index contributed by atoms with van der Waals surface area (Å²) in [6, 6.07) is 3.99. The highest BCUT2D eigenvalue weighted by atomic mass is 32.2. The molecule has 2 saturated heterocycles. The van der Waals surface area contributed by atoms with Gasteiger partial charge in [-0.1, -0.05) is 74.5 Å². The molecule has 0 spiro atoms. The number of aliphatic imine (C=N–C) groups is 1. The summed E-state index contributed by atoms with van der Waals surface area (Å²) in [4.78, 5) is 197. The van der Waals surface area contributed by atoms with Gasteiger partial charge < -0.3 is 97.2 Å². The van der Waals surface area contributed by atoms with Crippen molar-refractivity contribution in [2.75, 3.05) is 51.3 Å². The largest absolute Gasteiger partial charge is 0.480 e. The molecule has 0 bridgehead atoms. The lowest BCUT2D eigenvalue weighted by Gasteiger charge is -2.32. The van der Waals surface area contributed by atoms with Crippen LogP contribution in [-0.2, 0) is 80.0 Å². The van der Waals surface area contributed by atoms with E-state index in [-0.39, 0.29) is 83.0 Å². The van der Waals surface area contributed by atoms with Gasteiger partial charge in [0.25, 0.3) is 0 Å². The van der Waals surface area contributed by atoms with Gasteiger partial charge in [-0.25, -0.2) is 0 Å². The second-order valence-electron chi connectivity index (χ2n) is 24.8. The predicted molar refractivity (Wildman–Crippen MR) is 367 cm³/mol. The molecule has 2 heterocycles. The normalized spacial score (nSPS) is 16.5. The van der Waals surface area contributed by atoms with Crippen LogP contribution in [0.25, 0.3) is 0 Å². The number of carbonyl (C=O) groups is 14. The fraction of sp³-hybridized carbons (Fsp3) is 0.585. The molecule has 2 aromatic rings. The maximum absolute atomic E-state index is 14.7. The Kier molecular flexibility index (Phi) is 35.7. The van der Waals surface area contributed by atoms with Crippen molar-refractivity contribution in [3.8, 4) is 0 Å². The van der Waals surface area contributed by atoms with Crippen LogP contribution in [0, 0.1) is 5.92 Å². The van der Waals surface area contributed by atoms with E-state index in [0.29, 0.717) is 55.4 Å². The Bertz CT molecular complexity index is 3110. The molecule has 0 unspecified atom stereocenters. The minimum Gasteiger partial charge on any atom is -0.480 e. The summed E-state index contributed by atoms with van der Waals surface area (Å²) in [6.07, 6.45) is 2.71. The van der Waals surface area contributed by atoms with Crippen molar-refractivity contribution >= 4 is 100 Å². The molecular weight excluding hydrogens is 1300 g/mol. The second-order valence-corrected chi connectivity index (χ2v) is 25.8. The zero-order chi connectivity index (χ0) is 73.1. The zero-order valence-corrected chi connectivity index (χ0v) is 57.3. The summed E-state index contributed by atoms with van der Waals surface area (Å²) < 4.78 is 0. The number of guanidine groups is 1. The Morgan fingerprint density at radius 1 is 0.535 bits per heavy atom. The predicted octanol–water partition coefficient (Wildman–Crippen LogP) is -4.00. The van der Waals surface area contributed by atoms with E-state index in [1.807, 2.05) is 0 Å². The molecule has 33 nitrogen and oxygen atoms in total. The standard InChI is InChI=1S/C65H100N18O15S/c1-38(2)33-46(59(93)77-44(27-32-99-3)55(89)74-37-54(87)88)75-53(86)36-73-56(90)47(34-39-15-6-4-7-16-39)80-60(94)48(35-40-17-8-5-9-18-40)81-58(92)42(23-25-51(68)84)76-57(91)43(24-26-52(69)85)78-61(95)50-22-14-31-83(50)64(98)45(20-10-11-28-66)79-62(96)49-21-13-30-82(49)63(97)41(67)19-12-29-72-65(70)71/h4-9,15-18,38,41-50H,10-14,19-37,66-67H2,1-3H3,(H2,68,84)(H2,69,85)(H,73,90)(H,74,89)(H,75,86)(H,76,91)(H,77,93)(H,78,95)(H,79,96)(H,80,94)(H,81,92)(H,87,88)(H4,70,71,72)/t41-,42-,43-,44-,45-,46-,47-,48-,49-,50-/m0/s1. The van der Waals surface area contributed by atoms with Gasteiger partial charge in [0.15, 0.2) is 5.96 Å². The van der Waals surface area contributed by atoms with Crippen LogP contribution in [0.3, 0.4) is 0 Å². The Morgan fingerprint density at radius 2 is 0.990 bits per heavy atom. The van der Waals surface area contributed by atoms with Crippen LogP contribution in [0.4, 0.5) is 0 Å². The van der Waals surface area contributed by atoms with E-state index >= 15 is 0 Å². The van der Waals surface area contributed by atoms with E-state index in [1.165, 1.54) is 21.6 Å². The highest BCUT2D eigenvalue weighted by Gasteiger charge is 2.42. The molecule has 13 amide bonds. The van der Waals surface area contributed by atoms with Gasteiger partial charge in [0.2, 0.25) is 76.8 Å². The molecule has 2 aliphatic rings. The lowest BCUT2D eigenvalue weighted by Crippen LogP contribution is -2.60. The van der Waals surface area contributed by atoms with Crippen LogP contribution in [0.2, 0.25) is 0 Å². The third-order valence-corrected chi connectivity index (χ3v) is 17.1. The first kappa shape index (κ1) is 82.0. The van der Waals surface area contributed by atoms with Crippen LogP contribution in [0.15, 0.2) is 65.7 Å². The molecule has 22 N–H and O–H groups in total. The fourth-order valence-corrected chi connectivity index (χ4v) is 11.8. The molecular formula is C65H100N18O15S. The van der Waals surface area contributed by atoms with E-state index in [4.69, 9.17) is 39.5 Å². The van der Waals surface area contributed by atoms with E-state index in [2.05, 4.69) is 52.8 Å². The number of hydrogen-bond donors (Lipinski definition) is 16. The lowest BCUT2D eigenvalue weighted by atomic mass is 10.0. The van der Waals surface area contributed by atoms with Gasteiger partial charge in [-0.3, -0.25) is 72.1 Å². The topological polar surface area (TPSA) is 542 Å². The molecule has 34 heteroatoms. The quantitative estimate of drug-likeness (QED) is 0.0171. The maximum Gasteiger partial charge on any atom is 0.322 e. The number of benzene rings is 2. The van der Waals surface area contributed by atoms with Gasteiger partial charge in [0.05, 0.1) is 12.6 Å². The van der Waals surface area contributed by atoms with Crippen LogP contribution < -0.4 is 82.3 Å². The van der Waals surface area contributed by atoms with Crippen molar-refractivity contribution in [3.05, 3.63) is 71.8 Å². The number of rotatable bonds is 44. The molecule has 2 fully saturated rings. The number of carboxylic acid groups (broad SMARTS) is 1. The number of hydrogen-bond acceptors (Lipinski definition) is 18. The highest BCUT2D eigenvalue weighted by Crippen LogP contribution is 2.24. The van der Waals surface area contributed by atoms with E-state index in [1.54, 1.807) is 80.8 Å². The Morgan fingerprint density at radius 3 is 1.48 bits per heavy atom. The summed E-state index contributed by atoms with van der Waals surface area (Å²) in [5.41, 5.74) is 35.0. The van der Waals surface area contributed by atoms with Crippen molar-refractivity contribution in [1.82, 2.24) is 57.7 Å². The van der Waals surface area contributed by atoms with Gasteiger partial charge in [-0.05, 0) is 119 Å². The van der Waals surface area contributed by atoms with Crippen LogP contribution in [0.1, 0.15) is 121 Å². The summed E-state index contributed by atoms with van der Waals surface area (Å²) >= 11 is 1.39. The number of likely N-dealkylation sites (tertiary alicyclic amines) is 2. The number of primary amides is 2. The molecule has 4 rings (SSSR count). The highest BCUT2D eigenvalue weighted by molar-refractivity contribution is 7.98. The zero-order valence-electron chi connectivity index (χ0n) is 56.5. The van der Waals surface area contributed by atoms with Gasteiger partial charge in [-0.15, -0.1) is 0 Å². The van der Waals surface area contributed by atoms with Gasteiger partial charge in [0.1, 0.15) is 60.9 Å². The smallest absolute Gasteiger partial charge is 0.322 e. The number of unbranched alkanes of at least 4 members (excludes halogenated alkanes) is 1. The number of aliphatic carboxylic acids is 1. The Balaban J connectivity index is 1.57. The molecule has 99 heavy (non-hydrogen) atoms. The van der Waals surface area contributed by atoms with Crippen molar-refractivity contribution in [1.29, 1.82) is 0 Å². The van der Waals surface area contributed by atoms with Crippen LogP contribution in [-0.4, -0.2) is 215 Å². The van der Waals surface area contributed by atoms with Crippen molar-refractivity contribution in [2.45, 2.75) is 183 Å². The van der Waals surface area contributed by atoms with Crippen molar-refractivity contribution < 1.29 is 72.2 Å². The van der Waals surface area contributed by atoms with E-state index < -0.39 is 182 Å². The Labute approximate surface area is 579 Å². The molecule has 0 radical (unpaired) electrons. The van der Waals surface area contributed by atoms with Crippen LogP contribution >= 0.6 is 11.8 Å². The minimum absolute atomic E-state index is 0.0637. The first-order chi connectivity index (χ1) is 47.1. The first-order valence-electron chi connectivity index (χ1n) is 33.3. The van der Waals surface area contributed by atoms with Crippen LogP contribution in [0.5, 0.6) is 0 Å². The van der Waals surface area contributed by atoms with Gasteiger partial charge >= 0.3 is 5.97 Å². The second kappa shape index (κ2) is 43.1. The SMILES string of the molecule is CSCC[C@H](NC(=O)[C@H](CC(C)C)NC(=O)CNC(=O)[C@H](Cc1ccccc1)NC(=O)[C@H](Cc1ccccc1)NC(=O)[C@H](CCC(N)=O)NC(=O)[C@H](CCC(N)=O)NC(=O)[C@@H]1CCCN1C(=O)[C@H](CCCCN)NC(=O)[C@@H]1CCCN1C(=O)[C@@H](N)CCCN=C(N)N)C(=O)NCC(=O)O. The summed E-state index contributed by atoms with van der Waals surface area (Å²) in [5.74, 6) is -11.6. The molecule has 2 aromatic carbocycles. The average Bonchev–Trinajstić information content (AvgIpc) is 1.75. The number of carboxylic acids is 1. The summed E-state index contributed by atoms with van der Waals surface area (Å²) in [5, 5.41) is 32.4. The molecule has 10 atom stereocenters. The number of amides is 13. The average molecular weight is 1410 g/mol. The maximum atomic E-state index is 14.7.